The van der Waals surface area contributed by atoms with Gasteiger partial charge >= 0.3 is 0 Å². The monoisotopic (exact) mass is 244 g/mol. The second kappa shape index (κ2) is 3.75. The number of hydrogen-bond acceptors (Lipinski definition) is 3. The van der Waals surface area contributed by atoms with Crippen molar-refractivity contribution in [3.05, 3.63) is 47.5 Å². The molecular formula is C12H9ClN4. The van der Waals surface area contributed by atoms with Crippen molar-refractivity contribution >= 4 is 23.1 Å². The molecule has 2 aromatic heterocycles. The molecule has 3 rings (SSSR count). The van der Waals surface area contributed by atoms with Gasteiger partial charge in [0.15, 0.2) is 11.5 Å². The lowest BCUT2D eigenvalue weighted by molar-refractivity contribution is 1.11. The Hall–Kier alpha value is -2.07. The third kappa shape index (κ3) is 1.54. The van der Waals surface area contributed by atoms with E-state index in [1.807, 2.05) is 36.4 Å². The summed E-state index contributed by atoms with van der Waals surface area (Å²) in [7, 11) is 0. The fraction of sp³-hybridized carbons (Fsp3) is 0. The molecule has 5 heteroatoms. The minimum absolute atomic E-state index is 0.586. The summed E-state index contributed by atoms with van der Waals surface area (Å²) in [5, 5.41) is 8.84. The third-order valence-electron chi connectivity index (χ3n) is 2.57. The molecule has 17 heavy (non-hydrogen) atoms. The molecule has 0 amide bonds. The topological polar surface area (TPSA) is 56.2 Å². The Kier molecular flexibility index (Phi) is 2.23. The van der Waals surface area contributed by atoms with Gasteiger partial charge in [-0.2, -0.15) is 0 Å². The van der Waals surface area contributed by atoms with Gasteiger partial charge < -0.3 is 5.73 Å². The molecule has 3 aromatic rings. The smallest absolute Gasteiger partial charge is 0.171 e. The lowest BCUT2D eigenvalue weighted by Gasteiger charge is -2.04. The van der Waals surface area contributed by atoms with Crippen molar-refractivity contribution < 1.29 is 0 Å². The van der Waals surface area contributed by atoms with Gasteiger partial charge in [-0.15, -0.1) is 10.2 Å². The van der Waals surface area contributed by atoms with Crippen LogP contribution in [0.3, 0.4) is 0 Å². The first kappa shape index (κ1) is 10.1. The van der Waals surface area contributed by atoms with Gasteiger partial charge in [0.05, 0.1) is 5.02 Å². The quantitative estimate of drug-likeness (QED) is 0.716. The normalized spacial score (nSPS) is 10.9. The molecule has 0 aliphatic heterocycles. The molecule has 0 radical (unpaired) electrons. The van der Waals surface area contributed by atoms with E-state index in [9.17, 15) is 0 Å². The first-order chi connectivity index (χ1) is 8.27. The highest BCUT2D eigenvalue weighted by molar-refractivity contribution is 6.33. The van der Waals surface area contributed by atoms with Gasteiger partial charge in [0.1, 0.15) is 5.82 Å². The van der Waals surface area contributed by atoms with Crippen LogP contribution >= 0.6 is 11.6 Å². The van der Waals surface area contributed by atoms with Crippen molar-refractivity contribution in [1.82, 2.24) is 14.6 Å². The molecule has 84 valence electrons. The van der Waals surface area contributed by atoms with Crippen molar-refractivity contribution in [1.29, 1.82) is 0 Å². The molecule has 0 bridgehead atoms. The van der Waals surface area contributed by atoms with Crippen molar-refractivity contribution in [2.24, 2.45) is 0 Å². The minimum Gasteiger partial charge on any atom is -0.385 e. The molecule has 4 nitrogen and oxygen atoms in total. The van der Waals surface area contributed by atoms with Crippen molar-refractivity contribution in [3.63, 3.8) is 0 Å². The summed E-state index contributed by atoms with van der Waals surface area (Å²) in [4.78, 5) is 0. The van der Waals surface area contributed by atoms with Gasteiger partial charge in [-0.3, -0.25) is 4.40 Å². The van der Waals surface area contributed by atoms with Crippen molar-refractivity contribution in [3.8, 4) is 11.4 Å². The first-order valence-electron chi connectivity index (χ1n) is 5.12. The number of nitrogens with zero attached hydrogens (tertiary/aromatic N) is 3. The number of benzene rings is 1. The molecule has 0 spiro atoms. The van der Waals surface area contributed by atoms with Gasteiger partial charge in [0, 0.05) is 5.56 Å². The fourth-order valence-corrected chi connectivity index (χ4v) is 2.00. The molecule has 1 aromatic carbocycles. The van der Waals surface area contributed by atoms with E-state index in [4.69, 9.17) is 17.3 Å². The predicted molar refractivity (Wildman–Crippen MR) is 67.8 cm³/mol. The number of fused-ring (bicyclic) bond motifs is 1. The average Bonchev–Trinajstić information content (AvgIpc) is 2.75. The Bertz CT molecular complexity index is 690. The van der Waals surface area contributed by atoms with Crippen LogP contribution in [0, 0.1) is 0 Å². The van der Waals surface area contributed by atoms with Crippen molar-refractivity contribution in [2.45, 2.75) is 0 Å². The summed E-state index contributed by atoms with van der Waals surface area (Å²) in [6.07, 6.45) is 0. The number of halogens is 1. The number of nitrogens with two attached hydrogens (primary N) is 1. The number of nitrogen functional groups attached to an aromatic ring is 1. The summed E-state index contributed by atoms with van der Waals surface area (Å²) in [6, 6.07) is 13.0. The van der Waals surface area contributed by atoms with Gasteiger partial charge in [0.25, 0.3) is 0 Å². The largest absolute Gasteiger partial charge is 0.385 e. The minimum atomic E-state index is 0.586. The summed E-state index contributed by atoms with van der Waals surface area (Å²) >= 11 is 6.15. The summed E-state index contributed by atoms with van der Waals surface area (Å²) < 4.78 is 1.78. The molecule has 2 N–H and O–H groups in total. The molecule has 0 aliphatic rings. The molecule has 0 saturated carbocycles. The Morgan fingerprint density at radius 3 is 2.65 bits per heavy atom. The number of hydrogen-bond donors (Lipinski definition) is 1. The molecule has 0 fully saturated rings. The van der Waals surface area contributed by atoms with E-state index in [1.165, 1.54) is 0 Å². The fourth-order valence-electron chi connectivity index (χ4n) is 1.78. The van der Waals surface area contributed by atoms with Crippen LogP contribution in [0.15, 0.2) is 42.5 Å². The maximum Gasteiger partial charge on any atom is 0.171 e. The predicted octanol–water partition coefficient (Wildman–Crippen LogP) is 2.63. The standard InChI is InChI=1S/C12H9ClN4/c13-9-5-2-1-4-8(9)12-16-15-11-7-3-6-10(14)17(11)12/h1-7H,14H2. The van der Waals surface area contributed by atoms with Crippen LogP contribution in [0.1, 0.15) is 0 Å². The van der Waals surface area contributed by atoms with E-state index in [1.54, 1.807) is 10.5 Å². The SMILES string of the molecule is Nc1cccc2nnc(-c3ccccc3Cl)n12. The van der Waals surface area contributed by atoms with Gasteiger partial charge in [-0.05, 0) is 24.3 Å². The van der Waals surface area contributed by atoms with E-state index in [0.29, 0.717) is 22.3 Å². The van der Waals surface area contributed by atoms with Crippen LogP contribution in [0.4, 0.5) is 5.82 Å². The molecule has 0 saturated heterocycles. The third-order valence-corrected chi connectivity index (χ3v) is 2.90. The number of aromatic nitrogens is 3. The van der Waals surface area contributed by atoms with E-state index in [-0.39, 0.29) is 0 Å². The molecular weight excluding hydrogens is 236 g/mol. The Morgan fingerprint density at radius 2 is 1.82 bits per heavy atom. The highest BCUT2D eigenvalue weighted by Gasteiger charge is 2.12. The van der Waals surface area contributed by atoms with Gasteiger partial charge in [-0.1, -0.05) is 29.8 Å². The molecule has 0 atom stereocenters. The lowest BCUT2D eigenvalue weighted by atomic mass is 10.2. The Labute approximate surface area is 103 Å². The molecule has 2 heterocycles. The zero-order valence-corrected chi connectivity index (χ0v) is 9.59. The Morgan fingerprint density at radius 1 is 1.00 bits per heavy atom. The molecule has 0 unspecified atom stereocenters. The second-order valence-electron chi connectivity index (χ2n) is 3.65. The van der Waals surface area contributed by atoms with Crippen LogP contribution in [0.2, 0.25) is 5.02 Å². The number of rotatable bonds is 1. The zero-order valence-electron chi connectivity index (χ0n) is 8.84. The van der Waals surface area contributed by atoms with Crippen LogP contribution in [0.25, 0.3) is 17.0 Å². The molecule has 0 aliphatic carbocycles. The summed E-state index contributed by atoms with van der Waals surface area (Å²) in [6.45, 7) is 0. The average molecular weight is 245 g/mol. The van der Waals surface area contributed by atoms with E-state index >= 15 is 0 Å². The van der Waals surface area contributed by atoms with Gasteiger partial charge in [-0.25, -0.2) is 0 Å². The zero-order chi connectivity index (χ0) is 11.8. The van der Waals surface area contributed by atoms with Crippen molar-refractivity contribution in [2.75, 3.05) is 5.73 Å². The first-order valence-corrected chi connectivity index (χ1v) is 5.50. The van der Waals surface area contributed by atoms with Crippen LogP contribution in [0.5, 0.6) is 0 Å². The van der Waals surface area contributed by atoms with E-state index < -0.39 is 0 Å². The Balaban J connectivity index is 2.36. The lowest BCUT2D eigenvalue weighted by Crippen LogP contribution is -1.98. The second-order valence-corrected chi connectivity index (χ2v) is 4.05. The van der Waals surface area contributed by atoms with E-state index in [2.05, 4.69) is 10.2 Å². The summed E-state index contributed by atoms with van der Waals surface area (Å²) in [5.74, 6) is 1.24. The van der Waals surface area contributed by atoms with Gasteiger partial charge in [0.2, 0.25) is 0 Å². The highest BCUT2D eigenvalue weighted by atomic mass is 35.5. The number of pyridine rings is 1. The van der Waals surface area contributed by atoms with Crippen LogP contribution in [-0.2, 0) is 0 Å². The maximum absolute atomic E-state index is 6.15. The van der Waals surface area contributed by atoms with Crippen LogP contribution in [-0.4, -0.2) is 14.6 Å². The number of anilines is 1. The van der Waals surface area contributed by atoms with E-state index in [0.717, 1.165) is 5.56 Å². The maximum atomic E-state index is 6.15. The highest BCUT2D eigenvalue weighted by Crippen LogP contribution is 2.27. The van der Waals surface area contributed by atoms with Crippen LogP contribution < -0.4 is 5.73 Å². The summed E-state index contributed by atoms with van der Waals surface area (Å²) in [5.41, 5.74) is 7.46.